The first-order valence-electron chi connectivity index (χ1n) is 10.0. The lowest BCUT2D eigenvalue weighted by molar-refractivity contribution is -0.384. The molecule has 35 heavy (non-hydrogen) atoms. The minimum Gasteiger partial charge on any atom is -0.466 e. The van der Waals surface area contributed by atoms with E-state index in [1.54, 1.807) is 24.3 Å². The van der Waals surface area contributed by atoms with Gasteiger partial charge >= 0.3 is 12.2 Å². The minimum atomic E-state index is -4.52. The first kappa shape index (κ1) is 23.4. The number of non-ortho nitro benzene ring substituents is 1. The van der Waals surface area contributed by atoms with E-state index < -0.39 is 22.6 Å². The summed E-state index contributed by atoms with van der Waals surface area (Å²) in [4.78, 5) is 26.8. The van der Waals surface area contributed by atoms with E-state index in [0.717, 1.165) is 12.1 Å². The molecule has 0 saturated heterocycles. The molecule has 0 atom stereocenters. The normalized spacial score (nSPS) is 11.2. The third-order valence-electron chi connectivity index (χ3n) is 4.93. The second-order valence-electron chi connectivity index (χ2n) is 7.22. The molecule has 1 heterocycles. The summed E-state index contributed by atoms with van der Waals surface area (Å²) in [6.07, 6.45) is -4.52. The number of anilines is 1. The number of carbonyl (C=O) groups excluding carboxylic acids is 1. The van der Waals surface area contributed by atoms with Gasteiger partial charge in [0.15, 0.2) is 5.82 Å². The molecule has 3 aromatic carbocycles. The lowest BCUT2D eigenvalue weighted by Gasteiger charge is -2.10. The maximum Gasteiger partial charge on any atom is 0.416 e. The summed E-state index contributed by atoms with van der Waals surface area (Å²) in [6.45, 7) is 0. The molecule has 1 amide bonds. The highest BCUT2D eigenvalue weighted by Crippen LogP contribution is 2.33. The van der Waals surface area contributed by atoms with Crippen molar-refractivity contribution in [2.75, 3.05) is 12.4 Å². The highest BCUT2D eigenvalue weighted by molar-refractivity contribution is 6.04. The highest BCUT2D eigenvalue weighted by Gasteiger charge is 2.31. The number of hydrogen-bond donors (Lipinski definition) is 1. The zero-order valence-corrected chi connectivity index (χ0v) is 18.0. The Kier molecular flexibility index (Phi) is 6.19. The molecular formula is C23H16F3N5O4. The topological polar surface area (TPSA) is 112 Å². The van der Waals surface area contributed by atoms with Crippen LogP contribution in [0.5, 0.6) is 6.01 Å². The monoisotopic (exact) mass is 483 g/mol. The Bertz CT molecular complexity index is 1380. The van der Waals surface area contributed by atoms with E-state index in [9.17, 15) is 28.1 Å². The number of nitrogens with zero attached hydrogens (tertiary/aromatic N) is 4. The molecular weight excluding hydrogens is 467 g/mol. The van der Waals surface area contributed by atoms with Crippen LogP contribution in [0.25, 0.3) is 17.1 Å². The van der Waals surface area contributed by atoms with E-state index >= 15 is 0 Å². The Hall–Kier alpha value is -4.74. The number of ether oxygens (including phenoxy) is 1. The third kappa shape index (κ3) is 5.11. The van der Waals surface area contributed by atoms with Crippen LogP contribution in [0.15, 0.2) is 72.8 Å². The fraction of sp³-hybridized carbons (Fsp3) is 0.0870. The predicted octanol–water partition coefficient (Wildman–Crippen LogP) is 5.12. The lowest BCUT2D eigenvalue weighted by atomic mass is 10.1. The van der Waals surface area contributed by atoms with Gasteiger partial charge in [0.1, 0.15) is 0 Å². The highest BCUT2D eigenvalue weighted by atomic mass is 19.4. The Morgan fingerprint density at radius 1 is 1.06 bits per heavy atom. The van der Waals surface area contributed by atoms with Crippen molar-refractivity contribution in [3.63, 3.8) is 0 Å². The van der Waals surface area contributed by atoms with Gasteiger partial charge in [-0.05, 0) is 48.5 Å². The molecule has 0 aliphatic heterocycles. The fourth-order valence-corrected chi connectivity index (χ4v) is 3.20. The SMILES string of the molecule is COc1nc(-c2cccc(C(F)(F)F)c2)n(-c2ccc(NC(=O)c3ccc([N+](=O)[O-])cc3)cc2)n1. The van der Waals surface area contributed by atoms with Crippen LogP contribution in [-0.4, -0.2) is 32.7 Å². The first-order valence-corrected chi connectivity index (χ1v) is 10.0. The van der Waals surface area contributed by atoms with Gasteiger partial charge in [-0.25, -0.2) is 4.68 Å². The van der Waals surface area contributed by atoms with Gasteiger partial charge in [-0.1, -0.05) is 12.1 Å². The molecule has 0 bridgehead atoms. The first-order chi connectivity index (χ1) is 16.7. The maximum atomic E-state index is 13.2. The quantitative estimate of drug-likeness (QED) is 0.301. The van der Waals surface area contributed by atoms with Crippen molar-refractivity contribution in [2.24, 2.45) is 0 Å². The van der Waals surface area contributed by atoms with Crippen molar-refractivity contribution in [1.82, 2.24) is 14.8 Å². The van der Waals surface area contributed by atoms with Gasteiger partial charge in [0, 0.05) is 28.9 Å². The number of benzene rings is 3. The molecule has 1 aromatic heterocycles. The Morgan fingerprint density at radius 2 is 1.74 bits per heavy atom. The van der Waals surface area contributed by atoms with Crippen LogP contribution in [0.3, 0.4) is 0 Å². The average Bonchev–Trinajstić information content (AvgIpc) is 3.29. The Balaban J connectivity index is 1.59. The van der Waals surface area contributed by atoms with Crippen LogP contribution in [0.4, 0.5) is 24.5 Å². The predicted molar refractivity (Wildman–Crippen MR) is 119 cm³/mol. The molecule has 0 radical (unpaired) electrons. The molecule has 0 fully saturated rings. The molecule has 178 valence electrons. The molecule has 9 nitrogen and oxygen atoms in total. The smallest absolute Gasteiger partial charge is 0.416 e. The van der Waals surface area contributed by atoms with Crippen molar-refractivity contribution >= 4 is 17.3 Å². The van der Waals surface area contributed by atoms with Crippen LogP contribution < -0.4 is 10.1 Å². The van der Waals surface area contributed by atoms with Gasteiger partial charge < -0.3 is 10.1 Å². The number of nitrogens with one attached hydrogen (secondary N) is 1. The van der Waals surface area contributed by atoms with Gasteiger partial charge in [0.05, 0.1) is 23.3 Å². The summed E-state index contributed by atoms with van der Waals surface area (Å²) in [6, 6.07) is 16.1. The summed E-state index contributed by atoms with van der Waals surface area (Å²) in [5.74, 6) is -0.338. The van der Waals surface area contributed by atoms with E-state index in [4.69, 9.17) is 4.74 Å². The van der Waals surface area contributed by atoms with E-state index in [2.05, 4.69) is 15.4 Å². The van der Waals surface area contributed by atoms with E-state index in [-0.39, 0.29) is 28.6 Å². The molecule has 12 heteroatoms. The van der Waals surface area contributed by atoms with Crippen molar-refractivity contribution in [3.8, 4) is 23.1 Å². The van der Waals surface area contributed by atoms with E-state index in [1.165, 1.54) is 48.2 Å². The number of nitro groups is 1. The second kappa shape index (κ2) is 9.25. The molecule has 4 rings (SSSR count). The number of hydrogen-bond acceptors (Lipinski definition) is 6. The summed E-state index contributed by atoms with van der Waals surface area (Å²) in [5, 5.41) is 17.6. The van der Waals surface area contributed by atoms with E-state index in [1.807, 2.05) is 0 Å². The molecule has 0 unspecified atom stereocenters. The third-order valence-corrected chi connectivity index (χ3v) is 4.93. The summed E-state index contributed by atoms with van der Waals surface area (Å²) in [5.41, 5.74) is 0.337. The lowest BCUT2D eigenvalue weighted by Crippen LogP contribution is -2.12. The van der Waals surface area contributed by atoms with Gasteiger partial charge in [-0.2, -0.15) is 18.2 Å². The number of amides is 1. The molecule has 0 saturated carbocycles. The Labute approximate surface area is 195 Å². The number of nitro benzene ring substituents is 1. The van der Waals surface area contributed by atoms with Crippen molar-refractivity contribution in [3.05, 3.63) is 94.0 Å². The van der Waals surface area contributed by atoms with Crippen molar-refractivity contribution in [1.29, 1.82) is 0 Å². The van der Waals surface area contributed by atoms with Crippen LogP contribution in [0.2, 0.25) is 0 Å². The maximum absolute atomic E-state index is 13.2. The van der Waals surface area contributed by atoms with Gasteiger partial charge in [-0.3, -0.25) is 14.9 Å². The van der Waals surface area contributed by atoms with Crippen LogP contribution in [0, 0.1) is 10.1 Å². The summed E-state index contributed by atoms with van der Waals surface area (Å²) in [7, 11) is 1.34. The standard InChI is InChI=1S/C23H16F3N5O4/c1-35-22-28-20(15-3-2-4-16(13-15)23(24,25)26)30(29-22)18-11-7-17(8-12-18)27-21(32)14-5-9-19(10-6-14)31(33)34/h2-13H,1H3,(H,27,32). The fourth-order valence-electron chi connectivity index (χ4n) is 3.20. The zero-order chi connectivity index (χ0) is 25.2. The molecule has 1 N–H and O–H groups in total. The number of carbonyl (C=O) groups is 1. The van der Waals surface area contributed by atoms with Gasteiger partial charge in [-0.15, -0.1) is 5.10 Å². The number of halogens is 3. The van der Waals surface area contributed by atoms with Gasteiger partial charge in [0.25, 0.3) is 11.6 Å². The molecule has 0 aliphatic carbocycles. The number of alkyl halides is 3. The average molecular weight is 483 g/mol. The zero-order valence-electron chi connectivity index (χ0n) is 18.0. The van der Waals surface area contributed by atoms with Crippen LogP contribution in [-0.2, 0) is 6.18 Å². The molecule has 0 aliphatic rings. The number of rotatable bonds is 6. The number of aromatic nitrogens is 3. The second-order valence-corrected chi connectivity index (χ2v) is 7.22. The molecule has 4 aromatic rings. The van der Waals surface area contributed by atoms with Crippen molar-refractivity contribution < 1.29 is 27.6 Å². The Morgan fingerprint density at radius 3 is 2.34 bits per heavy atom. The minimum absolute atomic E-state index is 0.0343. The van der Waals surface area contributed by atoms with E-state index in [0.29, 0.717) is 11.4 Å². The van der Waals surface area contributed by atoms with Crippen LogP contribution >= 0.6 is 0 Å². The number of methoxy groups -OCH3 is 1. The summed E-state index contributed by atoms with van der Waals surface area (Å²) >= 11 is 0. The van der Waals surface area contributed by atoms with Crippen molar-refractivity contribution in [2.45, 2.75) is 6.18 Å². The largest absolute Gasteiger partial charge is 0.466 e. The van der Waals surface area contributed by atoms with Crippen LogP contribution in [0.1, 0.15) is 15.9 Å². The summed E-state index contributed by atoms with van der Waals surface area (Å²) < 4.78 is 45.9. The van der Waals surface area contributed by atoms with Gasteiger partial charge in [0.2, 0.25) is 0 Å². The molecule has 0 spiro atoms.